The summed E-state index contributed by atoms with van der Waals surface area (Å²) in [5, 5.41) is 0. The monoisotopic (exact) mass is 481 g/mol. The Labute approximate surface area is 213 Å². The molecule has 0 bridgehead atoms. The molecule has 0 radical (unpaired) electrons. The first kappa shape index (κ1) is 24.1. The quantitative estimate of drug-likeness (QED) is 0.222. The largest absolute Gasteiger partial charge is 0.494 e. The van der Waals surface area contributed by atoms with Crippen LogP contribution < -0.4 is 9.64 Å². The number of anilines is 1. The van der Waals surface area contributed by atoms with Crippen LogP contribution in [0.4, 0.5) is 5.69 Å². The highest BCUT2D eigenvalue weighted by Crippen LogP contribution is 2.33. The van der Waals surface area contributed by atoms with Gasteiger partial charge >= 0.3 is 0 Å². The lowest BCUT2D eigenvalue weighted by molar-refractivity contribution is -0.117. The zero-order chi connectivity index (χ0) is 24.7. The second-order valence-corrected chi connectivity index (χ2v) is 9.65. The molecule has 4 aromatic rings. The normalized spacial score (nSPS) is 15.6. The lowest BCUT2D eigenvalue weighted by Gasteiger charge is -2.18. The average Bonchev–Trinajstić information content (AvgIpc) is 3.48. The third-order valence-electron chi connectivity index (χ3n) is 7.03. The minimum atomic E-state index is 0.0882. The second kappa shape index (κ2) is 11.4. The molecule has 0 aliphatic carbocycles. The van der Waals surface area contributed by atoms with Crippen molar-refractivity contribution in [3.05, 3.63) is 90.3 Å². The van der Waals surface area contributed by atoms with Crippen molar-refractivity contribution < 1.29 is 9.53 Å². The van der Waals surface area contributed by atoms with Crippen molar-refractivity contribution in [2.45, 2.75) is 57.9 Å². The van der Waals surface area contributed by atoms with Gasteiger partial charge in [-0.3, -0.25) is 4.79 Å². The number of imidazole rings is 1. The Balaban J connectivity index is 1.27. The lowest BCUT2D eigenvalue weighted by atomic mass is 10.1. The van der Waals surface area contributed by atoms with E-state index < -0.39 is 0 Å². The van der Waals surface area contributed by atoms with Gasteiger partial charge in [0, 0.05) is 31.1 Å². The first-order valence-corrected chi connectivity index (χ1v) is 13.2. The van der Waals surface area contributed by atoms with Crippen LogP contribution in [-0.4, -0.2) is 28.6 Å². The summed E-state index contributed by atoms with van der Waals surface area (Å²) < 4.78 is 8.20. The average molecular weight is 482 g/mol. The van der Waals surface area contributed by atoms with Crippen LogP contribution in [0.1, 0.15) is 56.3 Å². The summed E-state index contributed by atoms with van der Waals surface area (Å²) >= 11 is 0. The summed E-state index contributed by atoms with van der Waals surface area (Å²) in [7, 11) is 0. The topological polar surface area (TPSA) is 47.4 Å². The Morgan fingerprint density at radius 1 is 0.917 bits per heavy atom. The number of rotatable bonds is 11. The fourth-order valence-electron chi connectivity index (χ4n) is 5.07. The maximum absolute atomic E-state index is 13.0. The summed E-state index contributed by atoms with van der Waals surface area (Å²) in [6, 6.07) is 26.8. The Hall–Kier alpha value is -3.60. The van der Waals surface area contributed by atoms with E-state index in [9.17, 15) is 4.79 Å². The van der Waals surface area contributed by atoms with E-state index in [-0.39, 0.29) is 11.8 Å². The van der Waals surface area contributed by atoms with Gasteiger partial charge in [-0.2, -0.15) is 0 Å². The number of ether oxygens (including phenoxy) is 1. The lowest BCUT2D eigenvalue weighted by Crippen LogP contribution is -2.24. The van der Waals surface area contributed by atoms with E-state index in [0.29, 0.717) is 19.6 Å². The minimum Gasteiger partial charge on any atom is -0.494 e. The zero-order valence-corrected chi connectivity index (χ0v) is 21.1. The van der Waals surface area contributed by atoms with Gasteiger partial charge in [0.15, 0.2) is 0 Å². The molecule has 0 spiro atoms. The molecule has 1 aliphatic heterocycles. The SMILES string of the molecule is CCCCc1ccc(N2CC(c3nc4ccccc4n3CCCCOc3ccccc3)CC2=O)cc1. The van der Waals surface area contributed by atoms with Gasteiger partial charge in [0.25, 0.3) is 0 Å². The highest BCUT2D eigenvalue weighted by atomic mass is 16.5. The molecule has 186 valence electrons. The minimum absolute atomic E-state index is 0.0882. The van der Waals surface area contributed by atoms with Gasteiger partial charge in [0.05, 0.1) is 17.6 Å². The maximum atomic E-state index is 13.0. The number of aromatic nitrogens is 2. The molecule has 0 N–H and O–H groups in total. The summed E-state index contributed by atoms with van der Waals surface area (Å²) in [6.45, 7) is 4.44. The summed E-state index contributed by atoms with van der Waals surface area (Å²) in [5.41, 5.74) is 4.46. The number of fused-ring (bicyclic) bond motifs is 1. The van der Waals surface area contributed by atoms with E-state index in [2.05, 4.69) is 54.0 Å². The number of carbonyl (C=O) groups excluding carboxylic acids is 1. The Morgan fingerprint density at radius 3 is 2.50 bits per heavy atom. The van der Waals surface area contributed by atoms with Crippen LogP contribution in [0, 0.1) is 0 Å². The van der Waals surface area contributed by atoms with Crippen LogP contribution in [0.15, 0.2) is 78.9 Å². The third kappa shape index (κ3) is 5.46. The van der Waals surface area contributed by atoms with Crippen molar-refractivity contribution in [2.24, 2.45) is 0 Å². The fourth-order valence-corrected chi connectivity index (χ4v) is 5.07. The van der Waals surface area contributed by atoms with Crippen molar-refractivity contribution >= 4 is 22.6 Å². The molecule has 5 rings (SSSR count). The predicted molar refractivity (Wildman–Crippen MR) is 146 cm³/mol. The number of hydrogen-bond acceptors (Lipinski definition) is 3. The molecule has 1 atom stereocenters. The van der Waals surface area contributed by atoms with E-state index in [1.54, 1.807) is 0 Å². The molecule has 1 amide bonds. The van der Waals surface area contributed by atoms with Crippen molar-refractivity contribution in [1.82, 2.24) is 9.55 Å². The summed E-state index contributed by atoms with van der Waals surface area (Å²) in [6.07, 6.45) is 5.92. The first-order valence-electron chi connectivity index (χ1n) is 13.2. The molecule has 3 aromatic carbocycles. The molecule has 1 saturated heterocycles. The Morgan fingerprint density at radius 2 is 1.69 bits per heavy atom. The van der Waals surface area contributed by atoms with Crippen LogP contribution >= 0.6 is 0 Å². The fraction of sp³-hybridized carbons (Fsp3) is 0.355. The number of nitrogens with zero attached hydrogens (tertiary/aromatic N) is 3. The number of amides is 1. The van der Waals surface area contributed by atoms with Crippen molar-refractivity contribution in [3.8, 4) is 5.75 Å². The van der Waals surface area contributed by atoms with Gasteiger partial charge in [-0.1, -0.05) is 55.8 Å². The zero-order valence-electron chi connectivity index (χ0n) is 21.1. The molecular weight excluding hydrogens is 446 g/mol. The molecule has 1 aliphatic rings. The van der Waals surface area contributed by atoms with Crippen molar-refractivity contribution in [3.63, 3.8) is 0 Å². The molecule has 36 heavy (non-hydrogen) atoms. The number of para-hydroxylation sites is 3. The van der Waals surface area contributed by atoms with Crippen LogP contribution in [0.5, 0.6) is 5.75 Å². The molecule has 1 unspecified atom stereocenters. The molecule has 5 heteroatoms. The number of hydrogen-bond donors (Lipinski definition) is 0. The first-order chi connectivity index (χ1) is 17.7. The maximum Gasteiger partial charge on any atom is 0.227 e. The second-order valence-electron chi connectivity index (χ2n) is 9.65. The molecule has 2 heterocycles. The van der Waals surface area contributed by atoms with Crippen LogP contribution in [0.3, 0.4) is 0 Å². The van der Waals surface area contributed by atoms with E-state index in [1.807, 2.05) is 41.3 Å². The van der Waals surface area contributed by atoms with Crippen LogP contribution in [0.25, 0.3) is 11.0 Å². The van der Waals surface area contributed by atoms with Crippen LogP contribution in [0.2, 0.25) is 0 Å². The van der Waals surface area contributed by atoms with E-state index in [4.69, 9.17) is 9.72 Å². The van der Waals surface area contributed by atoms with E-state index in [1.165, 1.54) is 18.4 Å². The highest BCUT2D eigenvalue weighted by molar-refractivity contribution is 5.96. The molecular formula is C31H35N3O2. The van der Waals surface area contributed by atoms with Crippen LogP contribution in [-0.2, 0) is 17.8 Å². The van der Waals surface area contributed by atoms with Gasteiger partial charge in [-0.05, 0) is 67.6 Å². The summed E-state index contributed by atoms with van der Waals surface area (Å²) in [5.74, 6) is 2.20. The van der Waals surface area contributed by atoms with E-state index in [0.717, 1.165) is 54.1 Å². The number of aryl methyl sites for hydroxylation is 2. The van der Waals surface area contributed by atoms with Gasteiger partial charge in [-0.15, -0.1) is 0 Å². The van der Waals surface area contributed by atoms with Gasteiger partial charge in [0.2, 0.25) is 5.91 Å². The van der Waals surface area contributed by atoms with Gasteiger partial charge < -0.3 is 14.2 Å². The summed E-state index contributed by atoms with van der Waals surface area (Å²) in [4.78, 5) is 20.0. The molecule has 1 fully saturated rings. The molecule has 0 saturated carbocycles. The molecule has 5 nitrogen and oxygen atoms in total. The van der Waals surface area contributed by atoms with Gasteiger partial charge in [-0.25, -0.2) is 4.98 Å². The Bertz CT molecular complexity index is 1280. The predicted octanol–water partition coefficient (Wildman–Crippen LogP) is 6.76. The highest BCUT2D eigenvalue weighted by Gasteiger charge is 2.34. The van der Waals surface area contributed by atoms with Gasteiger partial charge in [0.1, 0.15) is 11.6 Å². The smallest absolute Gasteiger partial charge is 0.227 e. The van der Waals surface area contributed by atoms with Crippen molar-refractivity contribution in [1.29, 1.82) is 0 Å². The number of unbranched alkanes of at least 4 members (excludes halogenated alkanes) is 2. The third-order valence-corrected chi connectivity index (χ3v) is 7.03. The van der Waals surface area contributed by atoms with E-state index >= 15 is 0 Å². The number of carbonyl (C=O) groups is 1. The Kier molecular flexibility index (Phi) is 7.65. The number of benzene rings is 3. The standard InChI is InChI=1S/C31H35N3O2/c1-2-3-11-24-16-18-26(19-17-24)34-23-25(22-30(34)35)31-32-28-14-7-8-15-29(28)33(31)20-9-10-21-36-27-12-5-4-6-13-27/h4-8,12-19,25H,2-3,9-11,20-23H2,1H3. The molecule has 1 aromatic heterocycles. The van der Waals surface area contributed by atoms with Crippen molar-refractivity contribution in [2.75, 3.05) is 18.1 Å².